The molecule has 1 fully saturated rings. The van der Waals surface area contributed by atoms with E-state index in [0.29, 0.717) is 5.92 Å². The van der Waals surface area contributed by atoms with Gasteiger partial charge in [-0.05, 0) is 38.5 Å². The first-order valence-electron chi connectivity index (χ1n) is 4.93. The third-order valence-corrected chi connectivity index (χ3v) is 2.63. The second-order valence-electron chi connectivity index (χ2n) is 4.07. The summed E-state index contributed by atoms with van der Waals surface area (Å²) >= 11 is 0. The topological polar surface area (TPSA) is 29.4 Å². The molecule has 0 spiro atoms. The summed E-state index contributed by atoms with van der Waals surface area (Å²) in [6.45, 7) is 5.97. The normalized spacial score (nSPS) is 27.8. The molecule has 1 saturated carbocycles. The molecule has 0 amide bonds. The summed E-state index contributed by atoms with van der Waals surface area (Å²) in [5.74, 6) is 0.688. The predicted octanol–water partition coefficient (Wildman–Crippen LogP) is 2.85. The van der Waals surface area contributed by atoms with Crippen molar-refractivity contribution in [3.8, 4) is 0 Å². The molecule has 1 rings (SSSR count). The van der Waals surface area contributed by atoms with Crippen molar-refractivity contribution in [1.82, 2.24) is 0 Å². The molecule has 0 aromatic rings. The molecule has 0 radical (unpaired) electrons. The average Bonchev–Trinajstić information content (AvgIpc) is 2.04. The first kappa shape index (κ1) is 10.2. The Labute approximate surface area is 79.8 Å². The fourth-order valence-electron chi connectivity index (χ4n) is 2.13. The fourth-order valence-corrected chi connectivity index (χ4v) is 2.13. The van der Waals surface area contributed by atoms with E-state index >= 15 is 0 Å². The summed E-state index contributed by atoms with van der Waals surface area (Å²) in [7, 11) is 0. The number of hydrogen-bond donors (Lipinski definition) is 0. The Morgan fingerprint density at radius 1 is 1.62 bits per heavy atom. The van der Waals surface area contributed by atoms with Crippen LogP contribution in [0.15, 0.2) is 17.1 Å². The Kier molecular flexibility index (Phi) is 3.91. The zero-order chi connectivity index (χ0) is 9.68. The number of allylic oxidation sites excluding steroid dienone is 1. The number of carbonyl (C=O) groups excluding carboxylic acids is 1. The molecule has 0 N–H and O–H groups in total. The summed E-state index contributed by atoms with van der Waals surface area (Å²) in [6.07, 6.45) is 7.30. The van der Waals surface area contributed by atoms with Crippen LogP contribution in [-0.2, 0) is 4.79 Å². The van der Waals surface area contributed by atoms with E-state index in [4.69, 9.17) is 0 Å². The lowest BCUT2D eigenvalue weighted by atomic mass is 9.82. The predicted molar refractivity (Wildman–Crippen MR) is 53.3 cm³/mol. The highest BCUT2D eigenvalue weighted by Crippen LogP contribution is 2.30. The van der Waals surface area contributed by atoms with Gasteiger partial charge in [-0.3, -0.25) is 0 Å². The van der Waals surface area contributed by atoms with Crippen LogP contribution in [0.3, 0.4) is 0 Å². The molecule has 0 saturated heterocycles. The van der Waals surface area contributed by atoms with E-state index in [1.54, 1.807) is 6.08 Å². The molecule has 1 aliphatic carbocycles. The Bertz CT molecular complexity index is 228. The monoisotopic (exact) mass is 179 g/mol. The van der Waals surface area contributed by atoms with Gasteiger partial charge in [-0.2, -0.15) is 0 Å². The Balaban J connectivity index is 2.41. The molecule has 72 valence electrons. The van der Waals surface area contributed by atoms with Crippen LogP contribution >= 0.6 is 0 Å². The van der Waals surface area contributed by atoms with Gasteiger partial charge < -0.3 is 0 Å². The lowest BCUT2D eigenvalue weighted by Gasteiger charge is -2.25. The number of nitrogens with zero attached hydrogens (tertiary/aromatic N) is 1. The Morgan fingerprint density at radius 2 is 2.38 bits per heavy atom. The lowest BCUT2D eigenvalue weighted by Crippen LogP contribution is -2.18. The van der Waals surface area contributed by atoms with Crippen LogP contribution in [0.4, 0.5) is 0 Å². The minimum absolute atomic E-state index is 0.232. The molecule has 0 heterocycles. The SMILES string of the molecule is C=C(C)CC1CCCC(N=C=O)C1. The van der Waals surface area contributed by atoms with Crippen LogP contribution < -0.4 is 0 Å². The first-order valence-corrected chi connectivity index (χ1v) is 4.93. The van der Waals surface area contributed by atoms with Gasteiger partial charge in [0.25, 0.3) is 0 Å². The molecule has 0 aromatic heterocycles. The third-order valence-electron chi connectivity index (χ3n) is 2.63. The van der Waals surface area contributed by atoms with E-state index in [2.05, 4.69) is 18.5 Å². The Morgan fingerprint density at radius 3 is 3.00 bits per heavy atom. The standard InChI is InChI=1S/C11H17NO/c1-9(2)6-10-4-3-5-11(7-10)12-8-13/h10-11H,1,3-7H2,2H3. The van der Waals surface area contributed by atoms with Gasteiger partial charge in [0.05, 0.1) is 6.04 Å². The minimum atomic E-state index is 0.232. The van der Waals surface area contributed by atoms with Crippen molar-refractivity contribution in [3.05, 3.63) is 12.2 Å². The molecule has 1 aliphatic rings. The molecule has 0 aromatic carbocycles. The van der Waals surface area contributed by atoms with Crippen LogP contribution in [0.1, 0.15) is 39.0 Å². The second kappa shape index (κ2) is 4.98. The quantitative estimate of drug-likeness (QED) is 0.372. The van der Waals surface area contributed by atoms with E-state index in [-0.39, 0.29) is 6.04 Å². The van der Waals surface area contributed by atoms with Gasteiger partial charge in [0.1, 0.15) is 0 Å². The van der Waals surface area contributed by atoms with Gasteiger partial charge in [-0.15, -0.1) is 6.58 Å². The fraction of sp³-hybridized carbons (Fsp3) is 0.727. The summed E-state index contributed by atoms with van der Waals surface area (Å²) in [5.41, 5.74) is 1.24. The average molecular weight is 179 g/mol. The zero-order valence-corrected chi connectivity index (χ0v) is 8.25. The van der Waals surface area contributed by atoms with Gasteiger partial charge in [0.2, 0.25) is 6.08 Å². The molecule has 13 heavy (non-hydrogen) atoms. The summed E-state index contributed by atoms with van der Waals surface area (Å²) in [6, 6.07) is 0.232. The summed E-state index contributed by atoms with van der Waals surface area (Å²) in [4.78, 5) is 13.9. The maximum absolute atomic E-state index is 10.1. The van der Waals surface area contributed by atoms with Crippen molar-refractivity contribution in [2.24, 2.45) is 10.9 Å². The highest BCUT2D eigenvalue weighted by molar-refractivity contribution is 5.33. The van der Waals surface area contributed by atoms with E-state index in [1.165, 1.54) is 18.4 Å². The number of hydrogen-bond acceptors (Lipinski definition) is 2. The van der Waals surface area contributed by atoms with Gasteiger partial charge in [-0.1, -0.05) is 12.0 Å². The molecular weight excluding hydrogens is 162 g/mol. The molecule has 2 unspecified atom stereocenters. The van der Waals surface area contributed by atoms with Crippen LogP contribution in [0.25, 0.3) is 0 Å². The van der Waals surface area contributed by atoms with Gasteiger partial charge in [0.15, 0.2) is 0 Å². The van der Waals surface area contributed by atoms with Crippen molar-refractivity contribution in [3.63, 3.8) is 0 Å². The molecular formula is C11H17NO. The summed E-state index contributed by atoms with van der Waals surface area (Å²) < 4.78 is 0. The largest absolute Gasteiger partial charge is 0.235 e. The third kappa shape index (κ3) is 3.56. The molecule has 0 bridgehead atoms. The smallest absolute Gasteiger partial charge is 0.211 e. The minimum Gasteiger partial charge on any atom is -0.211 e. The maximum Gasteiger partial charge on any atom is 0.235 e. The number of rotatable bonds is 3. The molecule has 2 nitrogen and oxygen atoms in total. The van der Waals surface area contributed by atoms with E-state index < -0.39 is 0 Å². The highest BCUT2D eigenvalue weighted by Gasteiger charge is 2.21. The maximum atomic E-state index is 10.1. The van der Waals surface area contributed by atoms with Crippen molar-refractivity contribution in [1.29, 1.82) is 0 Å². The summed E-state index contributed by atoms with van der Waals surface area (Å²) in [5, 5.41) is 0. The van der Waals surface area contributed by atoms with Gasteiger partial charge in [0, 0.05) is 0 Å². The lowest BCUT2D eigenvalue weighted by molar-refractivity contribution is 0.321. The zero-order valence-electron chi connectivity index (χ0n) is 8.25. The van der Waals surface area contributed by atoms with Crippen LogP contribution in [0, 0.1) is 5.92 Å². The molecule has 2 heteroatoms. The van der Waals surface area contributed by atoms with Crippen LogP contribution in [0.5, 0.6) is 0 Å². The van der Waals surface area contributed by atoms with Gasteiger partial charge in [-0.25, -0.2) is 9.79 Å². The number of aliphatic imine (C=N–C) groups is 1. The highest BCUT2D eigenvalue weighted by atomic mass is 16.1. The van der Waals surface area contributed by atoms with Crippen LogP contribution in [0.2, 0.25) is 0 Å². The Hall–Kier alpha value is -0.880. The van der Waals surface area contributed by atoms with Crippen molar-refractivity contribution in [2.45, 2.75) is 45.1 Å². The van der Waals surface area contributed by atoms with Crippen molar-refractivity contribution in [2.75, 3.05) is 0 Å². The van der Waals surface area contributed by atoms with Gasteiger partial charge >= 0.3 is 0 Å². The van der Waals surface area contributed by atoms with Crippen LogP contribution in [-0.4, -0.2) is 12.1 Å². The molecule has 2 atom stereocenters. The van der Waals surface area contributed by atoms with E-state index in [1.807, 2.05) is 0 Å². The molecule has 0 aliphatic heterocycles. The van der Waals surface area contributed by atoms with E-state index in [9.17, 15) is 4.79 Å². The first-order chi connectivity index (χ1) is 6.22. The second-order valence-corrected chi connectivity index (χ2v) is 4.07. The number of isocyanates is 1. The van der Waals surface area contributed by atoms with Crippen molar-refractivity contribution >= 4 is 6.08 Å². The van der Waals surface area contributed by atoms with E-state index in [0.717, 1.165) is 19.3 Å². The van der Waals surface area contributed by atoms with Crippen molar-refractivity contribution < 1.29 is 4.79 Å².